The van der Waals surface area contributed by atoms with E-state index in [0.717, 1.165) is 33.2 Å². The fourth-order valence-electron chi connectivity index (χ4n) is 4.94. The van der Waals surface area contributed by atoms with Gasteiger partial charge < -0.3 is 4.42 Å². The molecule has 6 rings (SSSR count). The first-order chi connectivity index (χ1) is 16.3. The van der Waals surface area contributed by atoms with Crippen LogP contribution in [0.2, 0.25) is 0 Å². The first kappa shape index (κ1) is 21.0. The average Bonchev–Trinajstić information content (AvgIpc) is 3.22. The summed E-state index contributed by atoms with van der Waals surface area (Å²) in [6, 6.07) is 28.1. The highest BCUT2D eigenvalue weighted by Gasteiger charge is 2.34. The van der Waals surface area contributed by atoms with Crippen LogP contribution in [-0.2, 0) is 5.21 Å². The van der Waals surface area contributed by atoms with Crippen LogP contribution in [-0.4, -0.2) is 20.7 Å². The van der Waals surface area contributed by atoms with Crippen LogP contribution in [0.5, 0.6) is 0 Å². The molecule has 2 nitrogen and oxygen atoms in total. The molecule has 0 amide bonds. The molecule has 0 atom stereocenters. The Morgan fingerprint density at radius 3 is 2.24 bits per heavy atom. The topological polar surface area (TPSA) is 26.0 Å². The van der Waals surface area contributed by atoms with Crippen LogP contribution in [0.3, 0.4) is 0 Å². The predicted molar refractivity (Wildman–Crippen MR) is 150 cm³/mol. The second kappa shape index (κ2) is 7.24. The molecule has 0 spiro atoms. The smallest absolute Gasteiger partial charge is 0.144 e. The monoisotopic (exact) mass is 439 g/mol. The lowest BCUT2D eigenvalue weighted by molar-refractivity contribution is 0.358. The molecule has 6 aromatic rings. The van der Waals surface area contributed by atoms with Crippen molar-refractivity contribution in [1.82, 2.24) is 4.98 Å². The zero-order valence-electron chi connectivity index (χ0n) is 20.4. The number of benzene rings is 4. The van der Waals surface area contributed by atoms with Crippen LogP contribution in [0.1, 0.15) is 26.3 Å². The number of aromatic nitrogens is 1. The Bertz CT molecular complexity index is 1720. The molecule has 0 aliphatic carbocycles. The van der Waals surface area contributed by atoms with Crippen LogP contribution in [0.4, 0.5) is 0 Å². The first-order valence-corrected chi connectivity index (χ1v) is 12.0. The van der Waals surface area contributed by atoms with E-state index in [2.05, 4.69) is 115 Å². The molecule has 0 radical (unpaired) electrons. The Morgan fingerprint density at radius 1 is 0.706 bits per heavy atom. The highest BCUT2D eigenvalue weighted by molar-refractivity contribution is 6.40. The number of hydrogen-bond donors (Lipinski definition) is 0. The molecule has 0 aliphatic heterocycles. The lowest BCUT2D eigenvalue weighted by atomic mass is 9.41. The number of para-hydroxylation sites is 1. The van der Waals surface area contributed by atoms with Gasteiger partial charge in [0.25, 0.3) is 0 Å². The second-order valence-electron chi connectivity index (χ2n) is 10.9. The Kier molecular flexibility index (Phi) is 4.48. The summed E-state index contributed by atoms with van der Waals surface area (Å²) in [4.78, 5) is 4.78. The van der Waals surface area contributed by atoms with Gasteiger partial charge in [-0.25, -0.2) is 0 Å². The molecule has 0 fully saturated rings. The fourth-order valence-corrected chi connectivity index (χ4v) is 4.94. The van der Waals surface area contributed by atoms with Gasteiger partial charge in [0.05, 0.1) is 5.69 Å². The Labute approximate surface area is 201 Å². The van der Waals surface area contributed by atoms with E-state index in [1.165, 1.54) is 27.1 Å². The van der Waals surface area contributed by atoms with Crippen molar-refractivity contribution in [3.63, 3.8) is 0 Å². The number of pyridine rings is 1. The van der Waals surface area contributed by atoms with Gasteiger partial charge in [0, 0.05) is 27.9 Å². The standard InChI is InChI=1S/C30H27B2NO/c1-29(2,3)30(31,32)20-15-16-33-25(17-20)24-10-6-9-22-23-14-13-19-12-11-18-7-4-5-8-21(18)26(19)28(23)34-27(22)24/h4-17H,31-32H2,1-3H3. The van der Waals surface area contributed by atoms with Crippen LogP contribution in [0, 0.1) is 5.41 Å². The maximum absolute atomic E-state index is 6.71. The molecular formula is C30H27B2NO. The van der Waals surface area contributed by atoms with E-state index in [9.17, 15) is 0 Å². The molecule has 4 heteroatoms. The van der Waals surface area contributed by atoms with Crippen LogP contribution in [0.15, 0.2) is 89.5 Å². The normalized spacial score (nSPS) is 12.8. The molecular weight excluding hydrogens is 412 g/mol. The van der Waals surface area contributed by atoms with Gasteiger partial charge in [-0.05, 0) is 45.8 Å². The van der Waals surface area contributed by atoms with E-state index in [1.807, 2.05) is 6.20 Å². The minimum absolute atomic E-state index is 0.00157. The van der Waals surface area contributed by atoms with Crippen molar-refractivity contribution in [3.8, 4) is 11.3 Å². The van der Waals surface area contributed by atoms with Crippen molar-refractivity contribution in [3.05, 3.63) is 90.6 Å². The Balaban J connectivity index is 1.65. The SMILES string of the molecule is BC(B)(c1ccnc(-c2cccc3c2oc2c3ccc3ccc4ccccc4c32)c1)C(C)(C)C. The quantitative estimate of drug-likeness (QED) is 0.230. The molecule has 0 saturated heterocycles. The lowest BCUT2D eigenvalue weighted by Crippen LogP contribution is -2.41. The predicted octanol–water partition coefficient (Wildman–Crippen LogP) is 6.42. The van der Waals surface area contributed by atoms with Crippen LogP contribution >= 0.6 is 0 Å². The van der Waals surface area contributed by atoms with Gasteiger partial charge in [0.15, 0.2) is 0 Å². The summed E-state index contributed by atoms with van der Waals surface area (Å²) in [5.41, 5.74) is 5.24. The third-order valence-corrected chi connectivity index (χ3v) is 8.00. The molecule has 0 unspecified atom stereocenters. The maximum Gasteiger partial charge on any atom is 0.144 e. The molecule has 0 aliphatic rings. The van der Waals surface area contributed by atoms with Crippen LogP contribution in [0.25, 0.3) is 54.7 Å². The highest BCUT2D eigenvalue weighted by Crippen LogP contribution is 2.42. The van der Waals surface area contributed by atoms with Gasteiger partial charge in [-0.15, -0.1) is 0 Å². The van der Waals surface area contributed by atoms with Gasteiger partial charge in [0.2, 0.25) is 0 Å². The number of nitrogens with zero attached hydrogens (tertiary/aromatic N) is 1. The van der Waals surface area contributed by atoms with Crippen LogP contribution < -0.4 is 0 Å². The second-order valence-corrected chi connectivity index (χ2v) is 10.9. The van der Waals surface area contributed by atoms with E-state index in [1.54, 1.807) is 0 Å². The van der Waals surface area contributed by atoms with Crippen molar-refractivity contribution in [2.75, 3.05) is 0 Å². The molecule has 34 heavy (non-hydrogen) atoms. The van der Waals surface area contributed by atoms with E-state index in [-0.39, 0.29) is 10.6 Å². The van der Waals surface area contributed by atoms with Crippen molar-refractivity contribution in [1.29, 1.82) is 0 Å². The zero-order chi connectivity index (χ0) is 23.7. The summed E-state index contributed by atoms with van der Waals surface area (Å²) in [5.74, 6) is 0. The summed E-state index contributed by atoms with van der Waals surface area (Å²) in [5, 5.41) is 7.09. The van der Waals surface area contributed by atoms with E-state index in [4.69, 9.17) is 9.40 Å². The van der Waals surface area contributed by atoms with E-state index < -0.39 is 0 Å². The Morgan fingerprint density at radius 2 is 1.41 bits per heavy atom. The van der Waals surface area contributed by atoms with Crippen molar-refractivity contribution < 1.29 is 4.42 Å². The van der Waals surface area contributed by atoms with Gasteiger partial charge >= 0.3 is 0 Å². The third-order valence-electron chi connectivity index (χ3n) is 8.00. The van der Waals surface area contributed by atoms with E-state index in [0.29, 0.717) is 0 Å². The van der Waals surface area contributed by atoms with Gasteiger partial charge in [-0.2, -0.15) is 0 Å². The summed E-state index contributed by atoms with van der Waals surface area (Å²) >= 11 is 0. The molecule has 2 aromatic heterocycles. The minimum atomic E-state index is 0.00157. The number of rotatable bonds is 2. The zero-order valence-corrected chi connectivity index (χ0v) is 20.4. The molecule has 2 heterocycles. The minimum Gasteiger partial charge on any atom is -0.455 e. The number of fused-ring (bicyclic) bond motifs is 7. The molecule has 4 aromatic carbocycles. The maximum atomic E-state index is 6.71. The lowest BCUT2D eigenvalue weighted by Gasteiger charge is -2.40. The molecule has 0 bridgehead atoms. The Hall–Kier alpha value is -3.52. The molecule has 164 valence electrons. The third kappa shape index (κ3) is 3.01. The fraction of sp³-hybridized carbons (Fsp3) is 0.167. The van der Waals surface area contributed by atoms with Crippen molar-refractivity contribution in [2.24, 2.45) is 5.41 Å². The highest BCUT2D eigenvalue weighted by atomic mass is 16.3. The summed E-state index contributed by atoms with van der Waals surface area (Å²) < 4.78 is 6.71. The summed E-state index contributed by atoms with van der Waals surface area (Å²) in [6.45, 7) is 6.88. The summed E-state index contributed by atoms with van der Waals surface area (Å²) in [6.07, 6.45) is 1.93. The average molecular weight is 439 g/mol. The first-order valence-electron chi connectivity index (χ1n) is 12.0. The van der Waals surface area contributed by atoms with Gasteiger partial charge in [0.1, 0.15) is 26.9 Å². The number of furan rings is 1. The largest absolute Gasteiger partial charge is 0.455 e. The number of hydrogen-bond acceptors (Lipinski definition) is 2. The summed E-state index contributed by atoms with van der Waals surface area (Å²) in [7, 11) is 4.62. The molecule has 0 N–H and O–H groups in total. The van der Waals surface area contributed by atoms with Gasteiger partial charge in [-0.1, -0.05) is 86.1 Å². The molecule has 0 saturated carbocycles. The van der Waals surface area contributed by atoms with Crippen molar-refractivity contribution >= 4 is 59.2 Å². The van der Waals surface area contributed by atoms with Gasteiger partial charge in [-0.3, -0.25) is 4.98 Å². The van der Waals surface area contributed by atoms with Crippen molar-refractivity contribution in [2.45, 2.75) is 26.0 Å². The van der Waals surface area contributed by atoms with E-state index >= 15 is 0 Å².